The van der Waals surface area contributed by atoms with Gasteiger partial charge in [0.2, 0.25) is 0 Å². The average Bonchev–Trinajstić information content (AvgIpc) is 3.13. The van der Waals surface area contributed by atoms with Gasteiger partial charge in [0.15, 0.2) is 23.2 Å². The first kappa shape index (κ1) is 23.0. The molecule has 1 aliphatic heterocycles. The molecule has 1 aromatic carbocycles. The van der Waals surface area contributed by atoms with Crippen molar-refractivity contribution in [3.63, 3.8) is 0 Å². The van der Waals surface area contributed by atoms with E-state index in [4.69, 9.17) is 5.41 Å². The molecule has 8 nitrogen and oxygen atoms in total. The maximum absolute atomic E-state index is 14.4. The minimum atomic E-state index is -0.961. The van der Waals surface area contributed by atoms with E-state index in [1.807, 2.05) is 0 Å². The van der Waals surface area contributed by atoms with E-state index < -0.39 is 23.5 Å². The number of aliphatic carboxylic acids is 1. The summed E-state index contributed by atoms with van der Waals surface area (Å²) in [4.78, 5) is 32.8. The molecule has 168 valence electrons. The number of benzene rings is 1. The number of carbonyl (C=O) groups is 2. The van der Waals surface area contributed by atoms with E-state index in [2.05, 4.69) is 15.3 Å². The quantitative estimate of drug-likeness (QED) is 0.424. The fourth-order valence-corrected chi connectivity index (χ4v) is 3.49. The number of hydrogen-bond donors (Lipinski definition) is 3. The molecule has 3 N–H and O–H groups in total. The Morgan fingerprint density at radius 1 is 1.28 bits per heavy atom. The second-order valence-electron chi connectivity index (χ2n) is 7.66. The Morgan fingerprint density at radius 3 is 2.62 bits per heavy atom. The molecule has 0 amide bonds. The zero-order chi connectivity index (χ0) is 23.4. The van der Waals surface area contributed by atoms with Gasteiger partial charge in [0.05, 0.1) is 17.8 Å². The van der Waals surface area contributed by atoms with E-state index in [9.17, 15) is 23.5 Å². The average molecular weight is 443 g/mol. The number of ketones is 1. The number of anilines is 1. The molecule has 1 aromatic heterocycles. The maximum atomic E-state index is 14.4. The van der Waals surface area contributed by atoms with Crippen LogP contribution in [0.3, 0.4) is 0 Å². The molecule has 0 spiro atoms. The third-order valence-corrected chi connectivity index (χ3v) is 5.29. The molecule has 0 saturated carbocycles. The lowest BCUT2D eigenvalue weighted by Crippen LogP contribution is -2.25. The predicted molar refractivity (Wildman–Crippen MR) is 113 cm³/mol. The summed E-state index contributed by atoms with van der Waals surface area (Å²) < 4.78 is 28.2. The molecule has 1 fully saturated rings. The van der Waals surface area contributed by atoms with Crippen LogP contribution in [-0.2, 0) is 16.1 Å². The Morgan fingerprint density at radius 2 is 2.00 bits per heavy atom. The molecule has 2 atom stereocenters. The molecule has 2 aromatic rings. The summed E-state index contributed by atoms with van der Waals surface area (Å²) in [7, 11) is 0. The minimum absolute atomic E-state index is 0.0309. The SMILES string of the molecule is CC(=O)/C(=C/C(=N)c1ncc(F)c(N2CC(C)C(C(=O)O)C2)n1)NCc1ccccc1F. The molecule has 0 aliphatic carbocycles. The molecular weight excluding hydrogens is 420 g/mol. The summed E-state index contributed by atoms with van der Waals surface area (Å²) >= 11 is 0. The van der Waals surface area contributed by atoms with Crippen LogP contribution in [0.4, 0.5) is 14.6 Å². The Balaban J connectivity index is 1.80. The van der Waals surface area contributed by atoms with Crippen molar-refractivity contribution in [1.82, 2.24) is 15.3 Å². The van der Waals surface area contributed by atoms with Crippen molar-refractivity contribution >= 4 is 23.3 Å². The van der Waals surface area contributed by atoms with Crippen LogP contribution in [0.5, 0.6) is 0 Å². The molecule has 32 heavy (non-hydrogen) atoms. The highest BCUT2D eigenvalue weighted by atomic mass is 19.1. The third-order valence-electron chi connectivity index (χ3n) is 5.29. The van der Waals surface area contributed by atoms with Crippen LogP contribution in [0.1, 0.15) is 25.2 Å². The van der Waals surface area contributed by atoms with Crippen molar-refractivity contribution < 1.29 is 23.5 Å². The monoisotopic (exact) mass is 443 g/mol. The molecule has 10 heteroatoms. The van der Waals surface area contributed by atoms with Crippen molar-refractivity contribution in [2.45, 2.75) is 20.4 Å². The molecular formula is C22H23F2N5O3. The van der Waals surface area contributed by atoms with Gasteiger partial charge in [-0.1, -0.05) is 25.1 Å². The number of carboxylic acids is 1. The molecule has 0 radical (unpaired) electrons. The van der Waals surface area contributed by atoms with Gasteiger partial charge >= 0.3 is 5.97 Å². The van der Waals surface area contributed by atoms with Gasteiger partial charge in [-0.05, 0) is 18.1 Å². The van der Waals surface area contributed by atoms with E-state index in [0.717, 1.165) is 6.20 Å². The molecule has 2 unspecified atom stereocenters. The summed E-state index contributed by atoms with van der Waals surface area (Å²) in [5.41, 5.74) is 0.149. The van der Waals surface area contributed by atoms with Gasteiger partial charge in [0, 0.05) is 32.1 Å². The summed E-state index contributed by atoms with van der Waals surface area (Å²) in [5.74, 6) is -3.57. The number of carboxylic acid groups (broad SMARTS) is 1. The van der Waals surface area contributed by atoms with Crippen LogP contribution < -0.4 is 10.2 Å². The van der Waals surface area contributed by atoms with Crippen LogP contribution in [0.15, 0.2) is 42.2 Å². The summed E-state index contributed by atoms with van der Waals surface area (Å²) in [6, 6.07) is 6.10. The first-order valence-corrected chi connectivity index (χ1v) is 9.96. The number of rotatable bonds is 8. The Labute approximate surface area is 183 Å². The lowest BCUT2D eigenvalue weighted by molar-refractivity contribution is -0.142. The number of allylic oxidation sites excluding steroid dienone is 2. The molecule has 1 saturated heterocycles. The molecule has 1 aliphatic rings. The summed E-state index contributed by atoms with van der Waals surface area (Å²) in [5, 5.41) is 20.4. The molecule has 3 rings (SSSR count). The van der Waals surface area contributed by atoms with Crippen molar-refractivity contribution in [2.75, 3.05) is 18.0 Å². The second-order valence-corrected chi connectivity index (χ2v) is 7.66. The first-order valence-electron chi connectivity index (χ1n) is 9.96. The van der Waals surface area contributed by atoms with Crippen LogP contribution in [0.25, 0.3) is 0 Å². The second kappa shape index (κ2) is 9.63. The number of Topliss-reactive ketones (excluding diaryl/α,β-unsaturated/α-hetero) is 1. The van der Waals surface area contributed by atoms with Gasteiger partial charge in [-0.25, -0.2) is 18.7 Å². The van der Waals surface area contributed by atoms with Crippen molar-refractivity contribution in [3.05, 3.63) is 65.3 Å². The topological polar surface area (TPSA) is 119 Å². The fourth-order valence-electron chi connectivity index (χ4n) is 3.49. The smallest absolute Gasteiger partial charge is 0.308 e. The van der Waals surface area contributed by atoms with Gasteiger partial charge < -0.3 is 15.3 Å². The van der Waals surface area contributed by atoms with E-state index in [1.54, 1.807) is 25.1 Å². The van der Waals surface area contributed by atoms with Crippen LogP contribution in [-0.4, -0.2) is 45.6 Å². The third kappa shape index (κ3) is 5.13. The highest BCUT2D eigenvalue weighted by molar-refractivity contribution is 6.09. The van der Waals surface area contributed by atoms with E-state index in [-0.39, 0.29) is 47.8 Å². The van der Waals surface area contributed by atoms with Crippen molar-refractivity contribution in [3.8, 4) is 0 Å². The van der Waals surface area contributed by atoms with E-state index >= 15 is 0 Å². The van der Waals surface area contributed by atoms with Crippen LogP contribution in [0.2, 0.25) is 0 Å². The number of aromatic nitrogens is 2. The largest absolute Gasteiger partial charge is 0.481 e. The lowest BCUT2D eigenvalue weighted by Gasteiger charge is -2.18. The summed E-state index contributed by atoms with van der Waals surface area (Å²) in [6.45, 7) is 3.49. The first-order chi connectivity index (χ1) is 15.2. The Hall–Kier alpha value is -3.69. The van der Waals surface area contributed by atoms with Gasteiger partial charge in [0.1, 0.15) is 11.5 Å². The van der Waals surface area contributed by atoms with Gasteiger partial charge in [-0.15, -0.1) is 0 Å². The number of halogens is 2. The molecule has 2 heterocycles. The van der Waals surface area contributed by atoms with Crippen LogP contribution >= 0.6 is 0 Å². The molecule has 0 bridgehead atoms. The minimum Gasteiger partial charge on any atom is -0.481 e. The number of hydrogen-bond acceptors (Lipinski definition) is 7. The van der Waals surface area contributed by atoms with Gasteiger partial charge in [0.25, 0.3) is 0 Å². The standard InChI is InChI=1S/C22H23F2N5O3/c1-12-10-29(11-15(12)22(31)32)21-17(24)9-27-20(28-21)18(25)7-19(13(2)30)26-8-14-5-3-4-6-16(14)23/h3-7,9,12,15,25-26H,8,10-11H2,1-2H3,(H,31,32)/b19-7-,25-18?. The summed E-state index contributed by atoms with van der Waals surface area (Å²) in [6.07, 6.45) is 2.12. The highest BCUT2D eigenvalue weighted by Gasteiger charge is 2.36. The van der Waals surface area contributed by atoms with E-state index in [1.165, 1.54) is 24.0 Å². The lowest BCUT2D eigenvalue weighted by atomic mass is 9.99. The Kier molecular flexibility index (Phi) is 6.92. The highest BCUT2D eigenvalue weighted by Crippen LogP contribution is 2.28. The van der Waals surface area contributed by atoms with Gasteiger partial charge in [-0.2, -0.15) is 0 Å². The van der Waals surface area contributed by atoms with E-state index in [0.29, 0.717) is 12.1 Å². The number of nitrogens with one attached hydrogen (secondary N) is 2. The van der Waals surface area contributed by atoms with Crippen LogP contribution in [0, 0.1) is 28.9 Å². The Bertz CT molecular complexity index is 1090. The van der Waals surface area contributed by atoms with Crippen molar-refractivity contribution in [2.24, 2.45) is 11.8 Å². The maximum Gasteiger partial charge on any atom is 0.308 e. The normalized spacial score (nSPS) is 18.5. The van der Waals surface area contributed by atoms with Crippen molar-refractivity contribution in [1.29, 1.82) is 5.41 Å². The number of carbonyl (C=O) groups excluding carboxylic acids is 1. The number of nitrogens with zero attached hydrogens (tertiary/aromatic N) is 3. The fraction of sp³-hybridized carbons (Fsp3) is 0.318. The predicted octanol–water partition coefficient (Wildman–Crippen LogP) is 2.54. The zero-order valence-electron chi connectivity index (χ0n) is 17.6. The zero-order valence-corrected chi connectivity index (χ0v) is 17.6. The van der Waals surface area contributed by atoms with Gasteiger partial charge in [-0.3, -0.25) is 15.0 Å².